The lowest BCUT2D eigenvalue weighted by atomic mass is 9.83. The van der Waals surface area contributed by atoms with Gasteiger partial charge in [0, 0.05) is 77.0 Å². The molecule has 11 heteroatoms. The van der Waals surface area contributed by atoms with Gasteiger partial charge in [0.2, 0.25) is 5.91 Å². The molecule has 4 aliphatic heterocycles. The molecule has 5 aliphatic rings. The maximum atomic E-state index is 13.2. The molecule has 7 N–H and O–H groups in total. The van der Waals surface area contributed by atoms with E-state index in [9.17, 15) is 4.79 Å². The van der Waals surface area contributed by atoms with Crippen LogP contribution in [0.4, 0.5) is 0 Å². The number of nitrogens with zero attached hydrogens (tertiary/aromatic N) is 3. The zero-order valence-corrected chi connectivity index (χ0v) is 25.2. The average molecular weight is 563 g/mol. The summed E-state index contributed by atoms with van der Waals surface area (Å²) in [6, 6.07) is 0.838. The minimum absolute atomic E-state index is 0.141. The summed E-state index contributed by atoms with van der Waals surface area (Å²) in [6.07, 6.45) is 8.29. The minimum atomic E-state index is 0.141. The van der Waals surface area contributed by atoms with E-state index < -0.39 is 0 Å². The Morgan fingerprint density at radius 1 is 0.925 bits per heavy atom. The highest BCUT2D eigenvalue weighted by atomic mass is 16.1. The molecule has 5 fully saturated rings. The molecule has 40 heavy (non-hydrogen) atoms. The summed E-state index contributed by atoms with van der Waals surface area (Å²) < 4.78 is 0. The Morgan fingerprint density at radius 3 is 2.58 bits per heavy atom. The normalized spacial score (nSPS) is 37.0. The van der Waals surface area contributed by atoms with E-state index in [1.54, 1.807) is 0 Å². The summed E-state index contributed by atoms with van der Waals surface area (Å²) in [5, 5.41) is 17.9. The van der Waals surface area contributed by atoms with Crippen molar-refractivity contribution in [3.05, 3.63) is 0 Å². The Kier molecular flexibility index (Phi) is 11.9. The van der Waals surface area contributed by atoms with Gasteiger partial charge in [-0.15, -0.1) is 0 Å². The number of piperazine rings is 1. The second kappa shape index (κ2) is 15.5. The van der Waals surface area contributed by atoms with E-state index in [4.69, 9.17) is 0 Å². The third-order valence-electron chi connectivity index (χ3n) is 10.4. The lowest BCUT2D eigenvalue weighted by Gasteiger charge is -2.38. The molecule has 11 nitrogen and oxygen atoms in total. The molecule has 4 saturated heterocycles. The van der Waals surface area contributed by atoms with Crippen molar-refractivity contribution in [3.8, 4) is 0 Å². The molecular formula is C29H58N10O. The van der Waals surface area contributed by atoms with Crippen molar-refractivity contribution in [1.29, 1.82) is 0 Å². The van der Waals surface area contributed by atoms with Gasteiger partial charge in [-0.25, -0.2) is 10.9 Å². The van der Waals surface area contributed by atoms with Crippen molar-refractivity contribution < 1.29 is 4.79 Å². The standard InChI is InChI=1S/C29H58N10O/c1-3-22-18-30-9-7-24(22)19-33-29(40)23-5-4-6-25(17-23)32-20-27-35-36-28(26-8-10-31-21-34-26)39(27)16-15-38-13-11-37(2)12-14-38/h22-28,30-32,34-36H,3-21H2,1-2H3,(H,33,40). The Bertz CT molecular complexity index is 759. The van der Waals surface area contributed by atoms with Gasteiger partial charge >= 0.3 is 0 Å². The quantitative estimate of drug-likeness (QED) is 0.171. The summed E-state index contributed by atoms with van der Waals surface area (Å²) in [7, 11) is 2.22. The van der Waals surface area contributed by atoms with Crippen molar-refractivity contribution in [3.63, 3.8) is 0 Å². The van der Waals surface area contributed by atoms with Crippen LogP contribution in [0.1, 0.15) is 51.9 Å². The molecule has 7 unspecified atom stereocenters. The van der Waals surface area contributed by atoms with Crippen LogP contribution in [0, 0.1) is 17.8 Å². The molecule has 1 amide bonds. The fraction of sp³-hybridized carbons (Fsp3) is 0.966. The van der Waals surface area contributed by atoms with Crippen LogP contribution >= 0.6 is 0 Å². The van der Waals surface area contributed by atoms with Crippen LogP contribution in [-0.4, -0.2) is 131 Å². The van der Waals surface area contributed by atoms with Gasteiger partial charge in [-0.05, 0) is 70.6 Å². The lowest BCUT2D eigenvalue weighted by Crippen LogP contribution is -2.60. The highest BCUT2D eigenvalue weighted by Gasteiger charge is 2.39. The summed E-state index contributed by atoms with van der Waals surface area (Å²) in [4.78, 5) is 20.9. The maximum absolute atomic E-state index is 13.2. The Labute approximate surface area is 242 Å². The molecule has 0 spiro atoms. The van der Waals surface area contributed by atoms with E-state index in [0.29, 0.717) is 23.9 Å². The summed E-state index contributed by atoms with van der Waals surface area (Å²) >= 11 is 0. The fourth-order valence-corrected chi connectivity index (χ4v) is 7.58. The number of carbonyl (C=O) groups is 1. The van der Waals surface area contributed by atoms with Crippen LogP contribution in [0.2, 0.25) is 0 Å². The van der Waals surface area contributed by atoms with Crippen LogP contribution in [-0.2, 0) is 4.79 Å². The monoisotopic (exact) mass is 562 g/mol. The van der Waals surface area contributed by atoms with Gasteiger partial charge in [-0.2, -0.15) is 0 Å². The molecule has 0 bridgehead atoms. The predicted octanol–water partition coefficient (Wildman–Crippen LogP) is -0.895. The van der Waals surface area contributed by atoms with Crippen LogP contribution in [0.5, 0.6) is 0 Å². The zero-order chi connectivity index (χ0) is 27.7. The number of hydrogen-bond donors (Lipinski definition) is 7. The van der Waals surface area contributed by atoms with E-state index in [0.717, 1.165) is 111 Å². The van der Waals surface area contributed by atoms with Gasteiger partial charge in [0.05, 0.1) is 12.3 Å². The minimum Gasteiger partial charge on any atom is -0.356 e. The van der Waals surface area contributed by atoms with Crippen LogP contribution in [0.3, 0.4) is 0 Å². The smallest absolute Gasteiger partial charge is 0.223 e. The molecule has 5 rings (SSSR count). The highest BCUT2D eigenvalue weighted by molar-refractivity contribution is 5.78. The van der Waals surface area contributed by atoms with Gasteiger partial charge in [-0.3, -0.25) is 19.9 Å². The number of hydrogen-bond acceptors (Lipinski definition) is 10. The van der Waals surface area contributed by atoms with Gasteiger partial charge in [-0.1, -0.05) is 19.8 Å². The number of rotatable bonds is 11. The largest absolute Gasteiger partial charge is 0.356 e. The summed E-state index contributed by atoms with van der Waals surface area (Å²) in [5.74, 6) is 1.73. The van der Waals surface area contributed by atoms with Crippen molar-refractivity contribution >= 4 is 5.91 Å². The second-order valence-corrected chi connectivity index (χ2v) is 13.0. The number of piperidine rings is 1. The molecule has 7 atom stereocenters. The fourth-order valence-electron chi connectivity index (χ4n) is 7.58. The summed E-state index contributed by atoms with van der Waals surface area (Å²) in [5.41, 5.74) is 7.27. The van der Waals surface area contributed by atoms with Crippen molar-refractivity contribution in [1.82, 2.24) is 52.1 Å². The molecule has 1 aliphatic carbocycles. The van der Waals surface area contributed by atoms with Gasteiger partial charge < -0.3 is 26.2 Å². The molecule has 230 valence electrons. The van der Waals surface area contributed by atoms with Crippen LogP contribution in [0.15, 0.2) is 0 Å². The highest BCUT2D eigenvalue weighted by Crippen LogP contribution is 2.26. The Hall–Kier alpha value is -0.890. The van der Waals surface area contributed by atoms with Crippen LogP contribution < -0.4 is 37.4 Å². The molecule has 0 aromatic rings. The van der Waals surface area contributed by atoms with E-state index >= 15 is 0 Å². The zero-order valence-electron chi connectivity index (χ0n) is 25.2. The predicted molar refractivity (Wildman–Crippen MR) is 160 cm³/mol. The number of carbonyl (C=O) groups excluding carboxylic acids is 1. The maximum Gasteiger partial charge on any atom is 0.223 e. The first kappa shape index (κ1) is 30.6. The number of nitrogens with one attached hydrogen (secondary N) is 7. The molecule has 0 aromatic heterocycles. The number of hydrazine groups is 1. The van der Waals surface area contributed by atoms with Gasteiger partial charge in [0.15, 0.2) is 0 Å². The molecule has 0 radical (unpaired) electrons. The first-order valence-corrected chi connectivity index (χ1v) is 16.4. The number of amides is 1. The van der Waals surface area contributed by atoms with E-state index in [1.807, 2.05) is 0 Å². The van der Waals surface area contributed by atoms with Crippen molar-refractivity contribution in [2.75, 3.05) is 85.7 Å². The molecule has 1 saturated carbocycles. The van der Waals surface area contributed by atoms with Crippen LogP contribution in [0.25, 0.3) is 0 Å². The first-order chi connectivity index (χ1) is 19.6. The summed E-state index contributed by atoms with van der Waals surface area (Å²) in [6.45, 7) is 14.9. The SMILES string of the molecule is CCC1CNCCC1CNC(=O)C1CCCC(NCC2NNC(C3CCNCN3)N2CCN2CCN(C)CC2)C1. The average Bonchev–Trinajstić information content (AvgIpc) is 3.42. The third-order valence-corrected chi connectivity index (χ3v) is 10.4. The topological polar surface area (TPSA) is 111 Å². The van der Waals surface area contributed by atoms with Gasteiger partial charge in [0.1, 0.15) is 0 Å². The molecular weight excluding hydrogens is 504 g/mol. The van der Waals surface area contributed by atoms with Gasteiger partial charge in [0.25, 0.3) is 0 Å². The molecule has 0 aromatic carbocycles. The van der Waals surface area contributed by atoms with E-state index in [2.05, 4.69) is 66.1 Å². The third kappa shape index (κ3) is 8.35. The Balaban J connectivity index is 1.10. The molecule has 4 heterocycles. The second-order valence-electron chi connectivity index (χ2n) is 13.0. The lowest BCUT2D eigenvalue weighted by molar-refractivity contribution is -0.126. The van der Waals surface area contributed by atoms with Crippen molar-refractivity contribution in [2.45, 2.75) is 76.3 Å². The van der Waals surface area contributed by atoms with Crippen molar-refractivity contribution in [2.24, 2.45) is 17.8 Å². The van der Waals surface area contributed by atoms with E-state index in [1.165, 1.54) is 12.8 Å². The Morgan fingerprint density at radius 2 is 1.77 bits per heavy atom. The number of likely N-dealkylation sites (N-methyl/N-ethyl adjacent to an activating group) is 1. The first-order valence-electron chi connectivity index (χ1n) is 16.4. The van der Waals surface area contributed by atoms with E-state index in [-0.39, 0.29) is 24.2 Å².